The highest BCUT2D eigenvalue weighted by molar-refractivity contribution is 5.91. The van der Waals surface area contributed by atoms with Gasteiger partial charge < -0.3 is 9.47 Å². The van der Waals surface area contributed by atoms with Crippen molar-refractivity contribution in [1.82, 2.24) is 9.38 Å². The molecule has 0 N–H and O–H groups in total. The molecule has 0 atom stereocenters. The van der Waals surface area contributed by atoms with Crippen LogP contribution in [0.15, 0.2) is 18.3 Å². The second-order valence-corrected chi connectivity index (χ2v) is 3.62. The molecule has 0 radical (unpaired) electrons. The van der Waals surface area contributed by atoms with Gasteiger partial charge in [0.15, 0.2) is 5.69 Å². The molecule has 0 spiro atoms. The molecule has 0 aliphatic carbocycles. The summed E-state index contributed by atoms with van der Waals surface area (Å²) < 4.78 is 11.8. The largest absolute Gasteiger partial charge is 0.479 e. The number of nitrogens with zero attached hydrogens (tertiary/aromatic N) is 2. The highest BCUT2D eigenvalue weighted by Crippen LogP contribution is 2.21. The monoisotopic (exact) mass is 234 g/mol. The zero-order chi connectivity index (χ0) is 12.4. The predicted octanol–water partition coefficient (Wildman–Crippen LogP) is 1.83. The molecule has 2 aromatic heterocycles. The van der Waals surface area contributed by atoms with E-state index in [1.54, 1.807) is 17.5 Å². The topological polar surface area (TPSA) is 52.8 Å². The third-order valence-electron chi connectivity index (χ3n) is 2.41. The molecule has 5 nitrogen and oxygen atoms in total. The van der Waals surface area contributed by atoms with E-state index in [1.165, 1.54) is 7.11 Å². The Hall–Kier alpha value is -2.04. The van der Waals surface area contributed by atoms with Gasteiger partial charge in [0.05, 0.1) is 13.7 Å². The van der Waals surface area contributed by atoms with Gasteiger partial charge in [-0.25, -0.2) is 4.79 Å². The smallest absolute Gasteiger partial charge is 0.361 e. The average molecular weight is 234 g/mol. The normalized spacial score (nSPS) is 10.5. The number of hydrogen-bond acceptors (Lipinski definition) is 4. The van der Waals surface area contributed by atoms with Crippen LogP contribution in [-0.2, 0) is 4.74 Å². The fourth-order valence-electron chi connectivity index (χ4n) is 1.65. The summed E-state index contributed by atoms with van der Waals surface area (Å²) in [6.07, 6.45) is 1.78. The van der Waals surface area contributed by atoms with Gasteiger partial charge in [-0.1, -0.05) is 0 Å². The second-order valence-electron chi connectivity index (χ2n) is 3.62. The highest BCUT2D eigenvalue weighted by Gasteiger charge is 2.21. The van der Waals surface area contributed by atoms with Crippen LogP contribution in [0.2, 0.25) is 0 Å². The van der Waals surface area contributed by atoms with E-state index in [-0.39, 0.29) is 5.88 Å². The van der Waals surface area contributed by atoms with Crippen molar-refractivity contribution in [3.05, 3.63) is 29.6 Å². The Bertz CT molecular complexity index is 560. The number of rotatable bonds is 3. The van der Waals surface area contributed by atoms with E-state index in [1.807, 2.05) is 19.1 Å². The standard InChI is InChI=1S/C12H14N2O3/c1-4-17-12(15)10-11(16-3)13-9-7-8(2)5-6-14(9)10/h5-7H,4H2,1-3H3. The molecule has 0 aromatic carbocycles. The van der Waals surface area contributed by atoms with Crippen molar-refractivity contribution in [3.8, 4) is 5.88 Å². The maximum absolute atomic E-state index is 11.8. The Morgan fingerprint density at radius 2 is 2.29 bits per heavy atom. The van der Waals surface area contributed by atoms with E-state index in [0.29, 0.717) is 17.9 Å². The number of aryl methyl sites for hydroxylation is 1. The lowest BCUT2D eigenvalue weighted by Crippen LogP contribution is -2.09. The van der Waals surface area contributed by atoms with Crippen LogP contribution in [0.25, 0.3) is 5.65 Å². The average Bonchev–Trinajstić information content (AvgIpc) is 2.66. The van der Waals surface area contributed by atoms with E-state index in [9.17, 15) is 4.79 Å². The summed E-state index contributed by atoms with van der Waals surface area (Å²) >= 11 is 0. The Kier molecular flexibility index (Phi) is 2.99. The molecule has 0 amide bonds. The second kappa shape index (κ2) is 4.45. The first-order chi connectivity index (χ1) is 8.17. The number of carbonyl (C=O) groups is 1. The zero-order valence-corrected chi connectivity index (χ0v) is 10.1. The molecular weight excluding hydrogens is 220 g/mol. The van der Waals surface area contributed by atoms with Crippen molar-refractivity contribution < 1.29 is 14.3 Å². The molecule has 2 aromatic rings. The summed E-state index contributed by atoms with van der Waals surface area (Å²) in [5.74, 6) is -0.144. The Morgan fingerprint density at radius 3 is 2.94 bits per heavy atom. The lowest BCUT2D eigenvalue weighted by Gasteiger charge is -2.03. The summed E-state index contributed by atoms with van der Waals surface area (Å²) in [6, 6.07) is 3.78. The minimum Gasteiger partial charge on any atom is -0.479 e. The van der Waals surface area contributed by atoms with E-state index in [2.05, 4.69) is 4.98 Å². The van der Waals surface area contributed by atoms with Crippen LogP contribution < -0.4 is 4.74 Å². The van der Waals surface area contributed by atoms with Crippen molar-refractivity contribution in [1.29, 1.82) is 0 Å². The van der Waals surface area contributed by atoms with Crippen LogP contribution in [0.3, 0.4) is 0 Å². The van der Waals surface area contributed by atoms with Crippen molar-refractivity contribution in [2.45, 2.75) is 13.8 Å². The quantitative estimate of drug-likeness (QED) is 0.760. The third-order valence-corrected chi connectivity index (χ3v) is 2.41. The molecular formula is C12H14N2O3. The van der Waals surface area contributed by atoms with Gasteiger partial charge in [0.2, 0.25) is 5.88 Å². The number of esters is 1. The van der Waals surface area contributed by atoms with Crippen LogP contribution in [0.1, 0.15) is 23.0 Å². The number of ether oxygens (including phenoxy) is 2. The predicted molar refractivity (Wildman–Crippen MR) is 62.4 cm³/mol. The van der Waals surface area contributed by atoms with Gasteiger partial charge >= 0.3 is 5.97 Å². The molecule has 0 saturated carbocycles. The lowest BCUT2D eigenvalue weighted by atomic mass is 10.3. The lowest BCUT2D eigenvalue weighted by molar-refractivity contribution is 0.0514. The van der Waals surface area contributed by atoms with Crippen molar-refractivity contribution in [2.24, 2.45) is 0 Å². The molecule has 2 rings (SSSR count). The number of fused-ring (bicyclic) bond motifs is 1. The summed E-state index contributed by atoms with van der Waals surface area (Å²) in [7, 11) is 1.48. The first-order valence-electron chi connectivity index (χ1n) is 5.37. The Morgan fingerprint density at radius 1 is 1.53 bits per heavy atom. The molecule has 0 bridgehead atoms. The fourth-order valence-corrected chi connectivity index (χ4v) is 1.65. The SMILES string of the molecule is CCOC(=O)c1c(OC)nc2cc(C)ccn12. The van der Waals surface area contributed by atoms with E-state index >= 15 is 0 Å². The number of imidazole rings is 1. The van der Waals surface area contributed by atoms with Gasteiger partial charge in [0, 0.05) is 6.20 Å². The van der Waals surface area contributed by atoms with Crippen LogP contribution in [0, 0.1) is 6.92 Å². The zero-order valence-electron chi connectivity index (χ0n) is 10.1. The molecule has 0 fully saturated rings. The number of methoxy groups -OCH3 is 1. The number of pyridine rings is 1. The van der Waals surface area contributed by atoms with Crippen LogP contribution >= 0.6 is 0 Å². The first-order valence-corrected chi connectivity index (χ1v) is 5.37. The molecule has 5 heteroatoms. The third kappa shape index (κ3) is 1.95. The maximum atomic E-state index is 11.8. The summed E-state index contributed by atoms with van der Waals surface area (Å²) in [4.78, 5) is 16.1. The molecule has 17 heavy (non-hydrogen) atoms. The van der Waals surface area contributed by atoms with Gasteiger partial charge in [-0.05, 0) is 31.5 Å². The van der Waals surface area contributed by atoms with Crippen LogP contribution in [0.4, 0.5) is 0 Å². The molecule has 0 unspecified atom stereocenters. The minimum absolute atomic E-state index is 0.286. The molecule has 90 valence electrons. The first kappa shape index (κ1) is 11.4. The Labute approximate surface area is 99.0 Å². The molecule has 0 aliphatic rings. The van der Waals surface area contributed by atoms with E-state index < -0.39 is 5.97 Å². The number of hydrogen-bond donors (Lipinski definition) is 0. The van der Waals surface area contributed by atoms with Crippen LogP contribution in [-0.4, -0.2) is 29.1 Å². The summed E-state index contributed by atoms with van der Waals surface area (Å²) in [5.41, 5.74) is 2.06. The summed E-state index contributed by atoms with van der Waals surface area (Å²) in [6.45, 7) is 4.05. The van der Waals surface area contributed by atoms with Gasteiger partial charge in [0.1, 0.15) is 5.65 Å². The fraction of sp³-hybridized carbons (Fsp3) is 0.333. The highest BCUT2D eigenvalue weighted by atomic mass is 16.5. The summed E-state index contributed by atoms with van der Waals surface area (Å²) in [5, 5.41) is 0. The van der Waals surface area contributed by atoms with Crippen molar-refractivity contribution in [2.75, 3.05) is 13.7 Å². The number of aromatic nitrogens is 2. The Balaban J connectivity index is 2.62. The maximum Gasteiger partial charge on any atom is 0.361 e. The van der Waals surface area contributed by atoms with Crippen LogP contribution in [0.5, 0.6) is 5.88 Å². The number of carbonyl (C=O) groups excluding carboxylic acids is 1. The molecule has 0 aliphatic heterocycles. The van der Waals surface area contributed by atoms with Crippen molar-refractivity contribution >= 4 is 11.6 Å². The molecule has 0 saturated heterocycles. The van der Waals surface area contributed by atoms with Gasteiger partial charge in [0.25, 0.3) is 0 Å². The van der Waals surface area contributed by atoms with Gasteiger partial charge in [-0.15, -0.1) is 0 Å². The van der Waals surface area contributed by atoms with E-state index in [4.69, 9.17) is 9.47 Å². The van der Waals surface area contributed by atoms with E-state index in [0.717, 1.165) is 5.56 Å². The molecule has 2 heterocycles. The van der Waals surface area contributed by atoms with Gasteiger partial charge in [-0.3, -0.25) is 4.40 Å². The van der Waals surface area contributed by atoms with Gasteiger partial charge in [-0.2, -0.15) is 4.98 Å². The minimum atomic E-state index is -0.430. The van der Waals surface area contributed by atoms with Crippen molar-refractivity contribution in [3.63, 3.8) is 0 Å².